The van der Waals surface area contributed by atoms with Crippen molar-refractivity contribution < 1.29 is 26.3 Å². The third-order valence-corrected chi connectivity index (χ3v) is 4.38. The summed E-state index contributed by atoms with van der Waals surface area (Å²) in [5.41, 5.74) is -2.62. The van der Waals surface area contributed by atoms with Crippen LogP contribution in [0.2, 0.25) is 0 Å². The second-order valence-corrected chi connectivity index (χ2v) is 6.54. The van der Waals surface area contributed by atoms with E-state index in [4.69, 9.17) is 6.57 Å². The van der Waals surface area contributed by atoms with Gasteiger partial charge in [0.05, 0.1) is 34.8 Å². The molecule has 0 aromatic carbocycles. The number of rotatable bonds is 3. The maximum absolute atomic E-state index is 13.5. The molecule has 7 nitrogen and oxygen atoms in total. The molecule has 0 saturated heterocycles. The van der Waals surface area contributed by atoms with Gasteiger partial charge in [0.1, 0.15) is 0 Å². The van der Waals surface area contributed by atoms with Crippen molar-refractivity contribution in [3.05, 3.63) is 71.6 Å². The zero-order valence-corrected chi connectivity index (χ0v) is 16.1. The number of nitrogens with one attached hydrogen (secondary N) is 1. The molecule has 1 N–H and O–H groups in total. The Morgan fingerprint density at radius 2 is 1.58 bits per heavy atom. The molecule has 13 heteroatoms. The first kappa shape index (κ1) is 21.9. The lowest BCUT2D eigenvalue weighted by atomic mass is 10.1. The highest BCUT2D eigenvalue weighted by molar-refractivity contribution is 5.91. The Labute approximate surface area is 181 Å². The van der Waals surface area contributed by atoms with E-state index >= 15 is 0 Å². The van der Waals surface area contributed by atoms with Crippen molar-refractivity contribution in [2.75, 3.05) is 5.32 Å². The lowest BCUT2D eigenvalue weighted by Crippen LogP contribution is -2.09. The fourth-order valence-corrected chi connectivity index (χ4v) is 2.86. The fraction of sp³-hybridized carbons (Fsp3) is 0.100. The number of nitrogens with zero attached hydrogens (tertiary/aromatic N) is 6. The van der Waals surface area contributed by atoms with Crippen LogP contribution in [0.5, 0.6) is 0 Å². The van der Waals surface area contributed by atoms with Crippen LogP contribution in [0, 0.1) is 6.57 Å². The first-order chi connectivity index (χ1) is 15.6. The van der Waals surface area contributed by atoms with Crippen LogP contribution < -0.4 is 5.32 Å². The van der Waals surface area contributed by atoms with E-state index in [1.807, 2.05) is 0 Å². The Hall–Kier alpha value is -4.34. The Morgan fingerprint density at radius 3 is 2.21 bits per heavy atom. The molecule has 4 aromatic heterocycles. The van der Waals surface area contributed by atoms with Gasteiger partial charge in [-0.3, -0.25) is 4.98 Å². The minimum atomic E-state index is -4.77. The second-order valence-electron chi connectivity index (χ2n) is 6.54. The quantitative estimate of drug-likeness (QED) is 0.306. The van der Waals surface area contributed by atoms with Gasteiger partial charge in [0.25, 0.3) is 0 Å². The standard InChI is InChI=1S/C20H9F6N7/c1-27-11-6-13(20(24,25)26)16(29-9-11)15-3-2-12-14(4-5-28-17(12)32-15)33-18-30-7-10(8-31-18)19(21,22)23/h2-9H,(H,28,30,31,32,33). The van der Waals surface area contributed by atoms with E-state index in [2.05, 4.69) is 35.1 Å². The summed E-state index contributed by atoms with van der Waals surface area (Å²) < 4.78 is 78.5. The van der Waals surface area contributed by atoms with Crippen LogP contribution in [0.3, 0.4) is 0 Å². The van der Waals surface area contributed by atoms with E-state index in [1.54, 1.807) is 0 Å². The first-order valence-corrected chi connectivity index (χ1v) is 8.93. The Morgan fingerprint density at radius 1 is 0.848 bits per heavy atom. The van der Waals surface area contributed by atoms with Gasteiger partial charge in [-0.15, -0.1) is 0 Å². The zero-order valence-electron chi connectivity index (χ0n) is 16.1. The van der Waals surface area contributed by atoms with Gasteiger partial charge in [0.2, 0.25) is 11.6 Å². The molecule has 33 heavy (non-hydrogen) atoms. The Bertz CT molecular complexity index is 1380. The number of aromatic nitrogens is 5. The van der Waals surface area contributed by atoms with Crippen LogP contribution in [-0.2, 0) is 12.4 Å². The van der Waals surface area contributed by atoms with E-state index in [-0.39, 0.29) is 23.0 Å². The maximum atomic E-state index is 13.5. The van der Waals surface area contributed by atoms with Crippen molar-refractivity contribution in [1.29, 1.82) is 0 Å². The number of hydrogen-bond acceptors (Lipinski definition) is 6. The molecule has 0 amide bonds. The SMILES string of the molecule is [C-]#[N+]c1cnc(-c2ccc3c(Nc4ncc(C(F)(F)F)cn4)ccnc3n2)c(C(F)(F)F)c1. The van der Waals surface area contributed by atoms with Gasteiger partial charge in [-0.1, -0.05) is 0 Å². The third kappa shape index (κ3) is 4.49. The van der Waals surface area contributed by atoms with E-state index in [0.29, 0.717) is 29.5 Å². The number of hydrogen-bond donors (Lipinski definition) is 1. The molecule has 0 aliphatic rings. The van der Waals surface area contributed by atoms with Crippen LogP contribution in [-0.4, -0.2) is 24.9 Å². The molecule has 0 radical (unpaired) electrons. The van der Waals surface area contributed by atoms with Gasteiger partial charge >= 0.3 is 12.4 Å². The number of alkyl halides is 6. The Kier molecular flexibility index (Phi) is 5.28. The van der Waals surface area contributed by atoms with Gasteiger partial charge < -0.3 is 5.32 Å². The predicted molar refractivity (Wildman–Crippen MR) is 104 cm³/mol. The smallest absolute Gasteiger partial charge is 0.323 e. The van der Waals surface area contributed by atoms with Gasteiger partial charge in [0.15, 0.2) is 5.65 Å². The van der Waals surface area contributed by atoms with Crippen molar-refractivity contribution in [3.8, 4) is 11.4 Å². The van der Waals surface area contributed by atoms with Crippen LogP contribution >= 0.6 is 0 Å². The van der Waals surface area contributed by atoms with Crippen molar-refractivity contribution in [2.45, 2.75) is 12.4 Å². The highest BCUT2D eigenvalue weighted by Crippen LogP contribution is 2.38. The average Bonchev–Trinajstić information content (AvgIpc) is 2.77. The second kappa shape index (κ2) is 7.97. The number of pyridine rings is 3. The molecule has 0 aliphatic heterocycles. The number of halogens is 6. The van der Waals surface area contributed by atoms with Crippen molar-refractivity contribution in [2.24, 2.45) is 0 Å². The largest absolute Gasteiger partial charge is 0.419 e. The van der Waals surface area contributed by atoms with Crippen LogP contribution in [0.4, 0.5) is 43.7 Å². The van der Waals surface area contributed by atoms with Gasteiger partial charge in [-0.25, -0.2) is 24.8 Å². The third-order valence-electron chi connectivity index (χ3n) is 4.38. The average molecular weight is 461 g/mol. The lowest BCUT2D eigenvalue weighted by molar-refractivity contribution is -0.138. The summed E-state index contributed by atoms with van der Waals surface area (Å²) in [6.07, 6.45) is -5.80. The Balaban J connectivity index is 1.72. The van der Waals surface area contributed by atoms with Gasteiger partial charge in [-0.2, -0.15) is 26.3 Å². The van der Waals surface area contributed by atoms with E-state index in [0.717, 1.165) is 6.20 Å². The molecule has 0 fully saturated rings. The molecule has 0 saturated carbocycles. The first-order valence-electron chi connectivity index (χ1n) is 8.93. The van der Waals surface area contributed by atoms with Gasteiger partial charge in [-0.05, 0) is 24.3 Å². The molecule has 0 bridgehead atoms. The molecular weight excluding hydrogens is 452 g/mol. The summed E-state index contributed by atoms with van der Waals surface area (Å²) >= 11 is 0. The molecule has 0 unspecified atom stereocenters. The summed E-state index contributed by atoms with van der Waals surface area (Å²) in [5, 5.41) is 3.09. The number of fused-ring (bicyclic) bond motifs is 1. The predicted octanol–water partition coefficient (Wildman–Crippen LogP) is 5.81. The topological polar surface area (TPSA) is 80.8 Å². The summed E-state index contributed by atoms with van der Waals surface area (Å²) in [6.45, 7) is 6.91. The highest BCUT2D eigenvalue weighted by atomic mass is 19.4. The monoisotopic (exact) mass is 461 g/mol. The van der Waals surface area contributed by atoms with Crippen LogP contribution in [0.1, 0.15) is 11.1 Å². The fourth-order valence-electron chi connectivity index (χ4n) is 2.86. The minimum absolute atomic E-state index is 0.0496. The minimum Gasteiger partial charge on any atom is -0.323 e. The highest BCUT2D eigenvalue weighted by Gasteiger charge is 2.35. The maximum Gasteiger partial charge on any atom is 0.419 e. The lowest BCUT2D eigenvalue weighted by Gasteiger charge is -2.13. The van der Waals surface area contributed by atoms with Gasteiger partial charge in [0, 0.05) is 30.2 Å². The number of anilines is 2. The molecule has 0 atom stereocenters. The van der Waals surface area contributed by atoms with Crippen molar-refractivity contribution in [3.63, 3.8) is 0 Å². The normalized spacial score (nSPS) is 11.9. The molecular formula is C20H9F6N7. The van der Waals surface area contributed by atoms with Crippen molar-refractivity contribution in [1.82, 2.24) is 24.9 Å². The molecule has 4 aromatic rings. The molecule has 4 rings (SSSR count). The van der Waals surface area contributed by atoms with Crippen LogP contribution in [0.15, 0.2) is 49.1 Å². The summed E-state index contributed by atoms with van der Waals surface area (Å²) in [4.78, 5) is 22.2. The summed E-state index contributed by atoms with van der Waals surface area (Å²) in [5.74, 6) is -0.129. The van der Waals surface area contributed by atoms with E-state index < -0.39 is 29.2 Å². The molecule has 0 aliphatic carbocycles. The van der Waals surface area contributed by atoms with Crippen molar-refractivity contribution >= 4 is 28.4 Å². The molecule has 166 valence electrons. The van der Waals surface area contributed by atoms with Crippen LogP contribution in [0.25, 0.3) is 27.3 Å². The zero-order chi connectivity index (χ0) is 23.8. The summed E-state index contributed by atoms with van der Waals surface area (Å²) in [7, 11) is 0. The molecule has 0 spiro atoms. The molecule has 4 heterocycles. The summed E-state index contributed by atoms with van der Waals surface area (Å²) in [6, 6.07) is 4.89. The van der Waals surface area contributed by atoms with E-state index in [1.165, 1.54) is 24.4 Å². The van der Waals surface area contributed by atoms with E-state index in [9.17, 15) is 26.3 Å².